The first-order chi connectivity index (χ1) is 9.11. The Morgan fingerprint density at radius 1 is 1.26 bits per heavy atom. The number of hydrogen-bond acceptors (Lipinski definition) is 3. The summed E-state index contributed by atoms with van der Waals surface area (Å²) in [6.45, 7) is 0. The van der Waals surface area contributed by atoms with Gasteiger partial charge in [-0.1, -0.05) is 25.7 Å². The molecule has 110 valence electrons. The van der Waals surface area contributed by atoms with E-state index in [-0.39, 0.29) is 5.91 Å². The van der Waals surface area contributed by atoms with Crippen LogP contribution in [0.25, 0.3) is 0 Å². The summed E-state index contributed by atoms with van der Waals surface area (Å²) >= 11 is 1.91. The molecule has 0 aromatic heterocycles. The van der Waals surface area contributed by atoms with Gasteiger partial charge >= 0.3 is 0 Å². The topological polar surface area (TPSA) is 49.3 Å². The summed E-state index contributed by atoms with van der Waals surface area (Å²) in [7, 11) is 0. The molecular weight excluding hydrogens is 258 g/mol. The summed E-state index contributed by atoms with van der Waals surface area (Å²) in [6.07, 6.45) is 12.0. The van der Waals surface area contributed by atoms with Crippen LogP contribution in [0.4, 0.5) is 0 Å². The van der Waals surface area contributed by atoms with Crippen molar-refractivity contribution in [3.63, 3.8) is 0 Å². The minimum atomic E-state index is -0.726. The molecule has 0 heterocycles. The van der Waals surface area contributed by atoms with Crippen LogP contribution >= 0.6 is 11.8 Å². The number of carbonyl (C=O) groups excluding carboxylic acids is 1. The zero-order valence-electron chi connectivity index (χ0n) is 12.0. The van der Waals surface area contributed by atoms with Gasteiger partial charge in [0.1, 0.15) is 0 Å². The fourth-order valence-electron chi connectivity index (χ4n) is 3.45. The first-order valence-corrected chi connectivity index (χ1v) is 8.95. The molecule has 2 atom stereocenters. The van der Waals surface area contributed by atoms with Gasteiger partial charge in [0, 0.05) is 11.3 Å². The zero-order valence-corrected chi connectivity index (χ0v) is 12.8. The Bertz CT molecular complexity index is 303. The molecule has 0 saturated heterocycles. The fraction of sp³-hybridized carbons (Fsp3) is 0.933. The van der Waals surface area contributed by atoms with E-state index in [0.717, 1.165) is 38.5 Å². The minimum absolute atomic E-state index is 0.0520. The van der Waals surface area contributed by atoms with Crippen LogP contribution in [-0.2, 0) is 4.79 Å². The molecular formula is C15H27NO2S. The average molecular weight is 285 g/mol. The van der Waals surface area contributed by atoms with Gasteiger partial charge in [0.05, 0.1) is 12.0 Å². The first-order valence-electron chi connectivity index (χ1n) is 7.66. The zero-order chi connectivity index (χ0) is 13.7. The van der Waals surface area contributed by atoms with Gasteiger partial charge < -0.3 is 10.4 Å². The molecule has 0 spiro atoms. The predicted octanol–water partition coefficient (Wildman–Crippen LogP) is 2.86. The number of amides is 1. The molecule has 2 fully saturated rings. The largest absolute Gasteiger partial charge is 0.389 e. The molecule has 0 aliphatic heterocycles. The average Bonchev–Trinajstić information content (AvgIpc) is 2.39. The van der Waals surface area contributed by atoms with Gasteiger partial charge in [-0.3, -0.25) is 4.79 Å². The Hall–Kier alpha value is -0.220. The number of thioether (sulfide) groups is 1. The number of nitrogens with one attached hydrogen (secondary N) is 1. The van der Waals surface area contributed by atoms with Crippen molar-refractivity contribution in [1.82, 2.24) is 5.32 Å². The third kappa shape index (κ3) is 4.67. The maximum atomic E-state index is 12.1. The fourth-order valence-corrected chi connectivity index (χ4v) is 4.28. The Morgan fingerprint density at radius 2 is 2.00 bits per heavy atom. The second-order valence-electron chi connectivity index (χ2n) is 6.25. The Morgan fingerprint density at radius 3 is 2.68 bits per heavy atom. The van der Waals surface area contributed by atoms with Crippen LogP contribution in [0, 0.1) is 0 Å². The van der Waals surface area contributed by atoms with Crippen molar-refractivity contribution in [3.8, 4) is 0 Å². The summed E-state index contributed by atoms with van der Waals surface area (Å²) < 4.78 is 0. The predicted molar refractivity (Wildman–Crippen MR) is 80.4 cm³/mol. The van der Waals surface area contributed by atoms with Crippen molar-refractivity contribution in [2.75, 3.05) is 6.26 Å². The molecule has 19 heavy (non-hydrogen) atoms. The molecule has 2 unspecified atom stereocenters. The van der Waals surface area contributed by atoms with Crippen LogP contribution in [0.5, 0.6) is 0 Å². The standard InChI is InChI=1S/C15H27NO2S/c1-19-13-7-5-6-12(10-13)16-14(17)11-15(18)8-3-2-4-9-15/h12-13,18H,2-11H2,1H3,(H,16,17). The molecule has 0 aromatic carbocycles. The van der Waals surface area contributed by atoms with Crippen LogP contribution in [-0.4, -0.2) is 34.2 Å². The highest BCUT2D eigenvalue weighted by Crippen LogP contribution is 2.31. The van der Waals surface area contributed by atoms with Gasteiger partial charge in [-0.2, -0.15) is 11.8 Å². The minimum Gasteiger partial charge on any atom is -0.389 e. The maximum Gasteiger partial charge on any atom is 0.223 e. The smallest absolute Gasteiger partial charge is 0.223 e. The molecule has 2 aliphatic rings. The second-order valence-corrected chi connectivity index (χ2v) is 7.39. The lowest BCUT2D eigenvalue weighted by Gasteiger charge is -2.33. The molecule has 0 bridgehead atoms. The highest BCUT2D eigenvalue weighted by atomic mass is 32.2. The van der Waals surface area contributed by atoms with E-state index in [9.17, 15) is 9.90 Å². The summed E-state index contributed by atoms with van der Waals surface area (Å²) in [6, 6.07) is 0.325. The van der Waals surface area contributed by atoms with Gasteiger partial charge in [0.2, 0.25) is 5.91 Å². The molecule has 1 amide bonds. The summed E-state index contributed by atoms with van der Waals surface area (Å²) in [4.78, 5) is 12.1. The third-order valence-corrected chi connectivity index (χ3v) is 5.69. The normalized spacial score (nSPS) is 30.8. The van der Waals surface area contributed by atoms with Gasteiger partial charge in [0.25, 0.3) is 0 Å². The van der Waals surface area contributed by atoms with E-state index < -0.39 is 5.60 Å². The highest BCUT2D eigenvalue weighted by Gasteiger charge is 2.32. The lowest BCUT2D eigenvalue weighted by Crippen LogP contribution is -2.43. The SMILES string of the molecule is CSC1CCCC(NC(=O)CC2(O)CCCCC2)C1. The molecule has 2 N–H and O–H groups in total. The summed E-state index contributed by atoms with van der Waals surface area (Å²) in [5, 5.41) is 14.2. The van der Waals surface area contributed by atoms with Gasteiger partial charge in [-0.15, -0.1) is 0 Å². The highest BCUT2D eigenvalue weighted by molar-refractivity contribution is 7.99. The Balaban J connectivity index is 1.77. The van der Waals surface area contributed by atoms with E-state index in [1.165, 1.54) is 19.3 Å². The molecule has 0 radical (unpaired) electrons. The van der Waals surface area contributed by atoms with Gasteiger partial charge in [0.15, 0.2) is 0 Å². The number of rotatable bonds is 4. The molecule has 2 rings (SSSR count). The van der Waals surface area contributed by atoms with Crippen LogP contribution in [0.2, 0.25) is 0 Å². The molecule has 2 saturated carbocycles. The quantitative estimate of drug-likeness (QED) is 0.835. The third-order valence-electron chi connectivity index (χ3n) is 4.60. The van der Waals surface area contributed by atoms with Gasteiger partial charge in [-0.05, 0) is 38.4 Å². The Kier molecular flexibility index (Phi) is 5.58. The van der Waals surface area contributed by atoms with Crippen molar-refractivity contribution in [3.05, 3.63) is 0 Å². The van der Waals surface area contributed by atoms with Crippen molar-refractivity contribution in [2.24, 2.45) is 0 Å². The van der Waals surface area contributed by atoms with E-state index in [1.807, 2.05) is 11.8 Å². The van der Waals surface area contributed by atoms with E-state index in [1.54, 1.807) is 0 Å². The van der Waals surface area contributed by atoms with E-state index in [4.69, 9.17) is 0 Å². The lowest BCUT2D eigenvalue weighted by atomic mass is 9.82. The van der Waals surface area contributed by atoms with E-state index in [2.05, 4.69) is 11.6 Å². The number of hydrogen-bond donors (Lipinski definition) is 2. The number of aliphatic hydroxyl groups is 1. The monoisotopic (exact) mass is 285 g/mol. The maximum absolute atomic E-state index is 12.1. The van der Waals surface area contributed by atoms with Crippen LogP contribution in [0.3, 0.4) is 0 Å². The van der Waals surface area contributed by atoms with Gasteiger partial charge in [-0.25, -0.2) is 0 Å². The van der Waals surface area contributed by atoms with E-state index in [0.29, 0.717) is 17.7 Å². The Labute approximate surface area is 120 Å². The van der Waals surface area contributed by atoms with Crippen molar-refractivity contribution in [1.29, 1.82) is 0 Å². The summed E-state index contributed by atoms with van der Waals surface area (Å²) in [5.41, 5.74) is -0.726. The first kappa shape index (κ1) is 15.2. The van der Waals surface area contributed by atoms with Crippen molar-refractivity contribution >= 4 is 17.7 Å². The van der Waals surface area contributed by atoms with Crippen molar-refractivity contribution < 1.29 is 9.90 Å². The molecule has 4 heteroatoms. The lowest BCUT2D eigenvalue weighted by molar-refractivity contribution is -0.128. The van der Waals surface area contributed by atoms with Crippen LogP contribution < -0.4 is 5.32 Å². The number of carbonyl (C=O) groups is 1. The molecule has 3 nitrogen and oxygen atoms in total. The summed E-state index contributed by atoms with van der Waals surface area (Å²) in [5.74, 6) is 0.0520. The second kappa shape index (κ2) is 6.98. The molecule has 2 aliphatic carbocycles. The van der Waals surface area contributed by atoms with E-state index >= 15 is 0 Å². The van der Waals surface area contributed by atoms with Crippen LogP contribution in [0.1, 0.15) is 64.2 Å². The van der Waals surface area contributed by atoms with Crippen molar-refractivity contribution in [2.45, 2.75) is 81.1 Å². The molecule has 0 aromatic rings. The van der Waals surface area contributed by atoms with Crippen LogP contribution in [0.15, 0.2) is 0 Å².